The molecule has 0 saturated heterocycles. The molecule has 1 aliphatic carbocycles. The third-order valence-corrected chi connectivity index (χ3v) is 4.38. The molecule has 0 bridgehead atoms. The Morgan fingerprint density at radius 2 is 1.94 bits per heavy atom. The maximum absolute atomic E-state index is 6.32. The summed E-state index contributed by atoms with van der Waals surface area (Å²) < 4.78 is 0. The largest absolute Gasteiger partial charge is 0.361 e. The van der Waals surface area contributed by atoms with Gasteiger partial charge in [-0.2, -0.15) is 0 Å². The van der Waals surface area contributed by atoms with Crippen molar-refractivity contribution in [3.05, 3.63) is 35.0 Å². The second kappa shape index (κ2) is 4.43. The molecule has 0 radical (unpaired) electrons. The van der Waals surface area contributed by atoms with Gasteiger partial charge in [0.25, 0.3) is 0 Å². The molecule has 0 aliphatic heterocycles. The van der Waals surface area contributed by atoms with Gasteiger partial charge in [0, 0.05) is 29.1 Å². The van der Waals surface area contributed by atoms with E-state index in [2.05, 4.69) is 37.2 Å². The van der Waals surface area contributed by atoms with E-state index in [1.807, 2.05) is 0 Å². The number of benzene rings is 1. The normalized spacial score (nSPS) is 24.6. The summed E-state index contributed by atoms with van der Waals surface area (Å²) in [6, 6.07) is 4.87. The molecule has 0 amide bonds. The molecule has 96 valence electrons. The highest BCUT2D eigenvalue weighted by atomic mass is 14.7. The minimum Gasteiger partial charge on any atom is -0.361 e. The Hall–Kier alpha value is -1.28. The van der Waals surface area contributed by atoms with Gasteiger partial charge in [0.1, 0.15) is 0 Å². The Bertz CT molecular complexity index is 568. The molecule has 1 aromatic heterocycles. The van der Waals surface area contributed by atoms with Crippen molar-refractivity contribution in [2.24, 2.45) is 5.73 Å². The van der Waals surface area contributed by atoms with E-state index in [0.717, 1.165) is 0 Å². The Morgan fingerprint density at radius 3 is 2.72 bits per heavy atom. The Labute approximate surface area is 109 Å². The number of hydrogen-bond donors (Lipinski definition) is 2. The number of fused-ring (bicyclic) bond motifs is 1. The fourth-order valence-corrected chi connectivity index (χ4v) is 3.47. The van der Waals surface area contributed by atoms with Crippen molar-refractivity contribution in [1.82, 2.24) is 4.98 Å². The van der Waals surface area contributed by atoms with E-state index in [1.165, 1.54) is 53.3 Å². The zero-order valence-corrected chi connectivity index (χ0v) is 11.3. The van der Waals surface area contributed by atoms with Crippen molar-refractivity contribution >= 4 is 10.9 Å². The van der Waals surface area contributed by atoms with Crippen LogP contribution in [-0.2, 0) is 0 Å². The summed E-state index contributed by atoms with van der Waals surface area (Å²) in [5.74, 6) is 0.536. The van der Waals surface area contributed by atoms with Crippen molar-refractivity contribution in [3.8, 4) is 0 Å². The molecular formula is C16H22N2. The first kappa shape index (κ1) is 11.8. The lowest BCUT2D eigenvalue weighted by atomic mass is 9.80. The summed E-state index contributed by atoms with van der Waals surface area (Å²) in [6.45, 7) is 4.35. The Kier molecular flexibility index (Phi) is 2.90. The number of nitrogens with one attached hydrogen (secondary N) is 1. The van der Waals surface area contributed by atoms with E-state index >= 15 is 0 Å². The fourth-order valence-electron chi connectivity index (χ4n) is 3.47. The van der Waals surface area contributed by atoms with E-state index in [1.54, 1.807) is 0 Å². The van der Waals surface area contributed by atoms with Crippen molar-refractivity contribution in [2.75, 3.05) is 0 Å². The van der Waals surface area contributed by atoms with Crippen LogP contribution in [0.15, 0.2) is 18.3 Å². The van der Waals surface area contributed by atoms with Gasteiger partial charge >= 0.3 is 0 Å². The van der Waals surface area contributed by atoms with Gasteiger partial charge in [0.05, 0.1) is 0 Å². The highest BCUT2D eigenvalue weighted by molar-refractivity contribution is 5.87. The van der Waals surface area contributed by atoms with Gasteiger partial charge < -0.3 is 10.7 Å². The lowest BCUT2D eigenvalue weighted by Gasteiger charge is -2.28. The van der Waals surface area contributed by atoms with Gasteiger partial charge in [0.15, 0.2) is 0 Å². The van der Waals surface area contributed by atoms with Crippen LogP contribution in [0.3, 0.4) is 0 Å². The zero-order chi connectivity index (χ0) is 12.7. The second-order valence-corrected chi connectivity index (χ2v) is 5.80. The van der Waals surface area contributed by atoms with E-state index in [4.69, 9.17) is 5.73 Å². The van der Waals surface area contributed by atoms with Gasteiger partial charge in [0.2, 0.25) is 0 Å². The lowest BCUT2D eigenvalue weighted by molar-refractivity contribution is 0.387. The van der Waals surface area contributed by atoms with Crippen LogP contribution in [0.2, 0.25) is 0 Å². The van der Waals surface area contributed by atoms with Crippen molar-refractivity contribution in [1.29, 1.82) is 0 Å². The quantitative estimate of drug-likeness (QED) is 0.785. The Balaban J connectivity index is 2.11. The van der Waals surface area contributed by atoms with Gasteiger partial charge in [-0.15, -0.1) is 0 Å². The summed E-state index contributed by atoms with van der Waals surface area (Å²) in [4.78, 5) is 3.45. The van der Waals surface area contributed by atoms with E-state index in [0.29, 0.717) is 12.0 Å². The molecule has 3 rings (SSSR count). The van der Waals surface area contributed by atoms with E-state index < -0.39 is 0 Å². The summed E-state index contributed by atoms with van der Waals surface area (Å²) in [6.07, 6.45) is 7.20. The molecule has 2 heteroatoms. The molecule has 1 fully saturated rings. The van der Waals surface area contributed by atoms with Crippen LogP contribution in [0, 0.1) is 13.8 Å². The standard InChI is InChI=1S/C16H22N2/c1-10-7-11(2)16-13(8-10)14(9-18-16)12-5-3-4-6-15(12)17/h7-9,12,15,18H,3-6,17H2,1-2H3. The number of aromatic nitrogens is 1. The van der Waals surface area contributed by atoms with Crippen LogP contribution in [0.4, 0.5) is 0 Å². The molecule has 2 aromatic rings. The highest BCUT2D eigenvalue weighted by Gasteiger charge is 2.25. The average Bonchev–Trinajstić information content (AvgIpc) is 2.73. The SMILES string of the molecule is Cc1cc(C)c2[nH]cc(C3CCCCC3N)c2c1. The lowest BCUT2D eigenvalue weighted by Crippen LogP contribution is -2.31. The smallest absolute Gasteiger partial charge is 0.0486 e. The third-order valence-electron chi connectivity index (χ3n) is 4.38. The molecule has 1 saturated carbocycles. The van der Waals surface area contributed by atoms with Crippen molar-refractivity contribution in [2.45, 2.75) is 51.5 Å². The number of hydrogen-bond acceptors (Lipinski definition) is 1. The number of aromatic amines is 1. The first-order valence-electron chi connectivity index (χ1n) is 7.00. The third kappa shape index (κ3) is 1.85. The number of rotatable bonds is 1. The molecule has 18 heavy (non-hydrogen) atoms. The maximum atomic E-state index is 6.32. The fraction of sp³-hybridized carbons (Fsp3) is 0.500. The summed E-state index contributed by atoms with van der Waals surface area (Å²) in [7, 11) is 0. The van der Waals surface area contributed by atoms with Gasteiger partial charge in [-0.3, -0.25) is 0 Å². The van der Waals surface area contributed by atoms with Crippen molar-refractivity contribution < 1.29 is 0 Å². The van der Waals surface area contributed by atoms with Crippen LogP contribution in [-0.4, -0.2) is 11.0 Å². The molecule has 0 spiro atoms. The van der Waals surface area contributed by atoms with Crippen LogP contribution in [0.5, 0.6) is 0 Å². The van der Waals surface area contributed by atoms with Crippen molar-refractivity contribution in [3.63, 3.8) is 0 Å². The molecular weight excluding hydrogens is 220 g/mol. The van der Waals surface area contributed by atoms with Crippen LogP contribution >= 0.6 is 0 Å². The topological polar surface area (TPSA) is 41.8 Å². The first-order chi connectivity index (χ1) is 8.66. The number of H-pyrrole nitrogens is 1. The zero-order valence-electron chi connectivity index (χ0n) is 11.3. The predicted molar refractivity (Wildman–Crippen MR) is 77.0 cm³/mol. The summed E-state index contributed by atoms with van der Waals surface area (Å²) in [5.41, 5.74) is 11.7. The van der Waals surface area contributed by atoms with Crippen LogP contribution in [0.1, 0.15) is 48.3 Å². The monoisotopic (exact) mass is 242 g/mol. The second-order valence-electron chi connectivity index (χ2n) is 5.80. The van der Waals surface area contributed by atoms with Gasteiger partial charge in [-0.05, 0) is 43.9 Å². The van der Waals surface area contributed by atoms with Crippen LogP contribution in [0.25, 0.3) is 10.9 Å². The predicted octanol–water partition coefficient (Wildman–Crippen LogP) is 3.77. The van der Waals surface area contributed by atoms with Gasteiger partial charge in [-0.25, -0.2) is 0 Å². The van der Waals surface area contributed by atoms with E-state index in [9.17, 15) is 0 Å². The number of nitrogens with two attached hydrogens (primary N) is 1. The molecule has 1 aliphatic rings. The molecule has 2 unspecified atom stereocenters. The Morgan fingerprint density at radius 1 is 1.17 bits per heavy atom. The molecule has 3 N–H and O–H groups in total. The minimum atomic E-state index is 0.332. The first-order valence-corrected chi connectivity index (χ1v) is 7.00. The molecule has 1 aromatic carbocycles. The summed E-state index contributed by atoms with van der Waals surface area (Å²) in [5, 5.41) is 1.38. The minimum absolute atomic E-state index is 0.332. The highest BCUT2D eigenvalue weighted by Crippen LogP contribution is 2.36. The van der Waals surface area contributed by atoms with Crippen LogP contribution < -0.4 is 5.73 Å². The molecule has 2 atom stereocenters. The maximum Gasteiger partial charge on any atom is 0.0486 e. The molecule has 1 heterocycles. The van der Waals surface area contributed by atoms with Gasteiger partial charge in [-0.1, -0.05) is 24.5 Å². The molecule has 2 nitrogen and oxygen atoms in total. The summed E-state index contributed by atoms with van der Waals surface area (Å²) >= 11 is 0. The average molecular weight is 242 g/mol. The number of aryl methyl sites for hydroxylation is 2. The van der Waals surface area contributed by atoms with E-state index in [-0.39, 0.29) is 0 Å².